The number of hydrogen-bond acceptors (Lipinski definition) is 8. The summed E-state index contributed by atoms with van der Waals surface area (Å²) in [6.45, 7) is 12.0. The fourth-order valence-electron chi connectivity index (χ4n) is 5.91. The number of rotatable bonds is 8. The van der Waals surface area contributed by atoms with Crippen LogP contribution in [0.15, 0.2) is 49.1 Å². The average Bonchev–Trinajstić information content (AvgIpc) is 3.89. The molecule has 12 heteroatoms. The minimum Gasteiger partial charge on any atom is -0.412 e. The number of anilines is 2. The summed E-state index contributed by atoms with van der Waals surface area (Å²) in [4.78, 5) is 33.9. The van der Waals surface area contributed by atoms with Crippen molar-refractivity contribution in [2.24, 2.45) is 5.92 Å². The van der Waals surface area contributed by atoms with Gasteiger partial charge in [0.05, 0.1) is 29.7 Å². The van der Waals surface area contributed by atoms with E-state index in [0.717, 1.165) is 41.4 Å². The van der Waals surface area contributed by atoms with E-state index in [-0.39, 0.29) is 34.9 Å². The molecule has 3 fully saturated rings. The molecule has 1 aliphatic heterocycles. The maximum atomic E-state index is 13.2. The first-order valence-corrected chi connectivity index (χ1v) is 18.8. The Morgan fingerprint density at radius 1 is 1.05 bits per heavy atom. The Labute approximate surface area is 263 Å². The zero-order valence-electron chi connectivity index (χ0n) is 25.9. The number of imidazole rings is 1. The van der Waals surface area contributed by atoms with Crippen LogP contribution in [0.2, 0.25) is 23.2 Å². The highest BCUT2D eigenvalue weighted by atomic mass is 35.5. The molecule has 0 radical (unpaired) electrons. The summed E-state index contributed by atoms with van der Waals surface area (Å²) in [7, 11) is -2.02. The van der Waals surface area contributed by atoms with Crippen molar-refractivity contribution in [3.63, 3.8) is 0 Å². The van der Waals surface area contributed by atoms with Crippen LogP contribution in [0.1, 0.15) is 81.4 Å². The third-order valence-corrected chi connectivity index (χ3v) is 14.4. The number of carbonyl (C=O) groups excluding carboxylic acids is 1. The van der Waals surface area contributed by atoms with Crippen LogP contribution >= 0.6 is 11.6 Å². The van der Waals surface area contributed by atoms with Crippen molar-refractivity contribution >= 4 is 43.1 Å². The van der Waals surface area contributed by atoms with E-state index in [0.29, 0.717) is 23.3 Å². The van der Waals surface area contributed by atoms with E-state index < -0.39 is 8.32 Å². The summed E-state index contributed by atoms with van der Waals surface area (Å²) in [5.74, 6) is 1.61. The normalized spacial score (nSPS) is 23.7. The van der Waals surface area contributed by atoms with E-state index in [1.165, 1.54) is 19.2 Å². The molecule has 1 saturated heterocycles. The molecule has 3 aliphatic rings. The zero-order chi connectivity index (χ0) is 30.8. The lowest BCUT2D eigenvalue weighted by molar-refractivity contribution is -0.117. The van der Waals surface area contributed by atoms with Crippen molar-refractivity contribution in [3.8, 4) is 0 Å². The number of nitrogens with one attached hydrogen (secondary N) is 1. The van der Waals surface area contributed by atoms with Crippen LogP contribution in [0.4, 0.5) is 11.6 Å². The quantitative estimate of drug-likeness (QED) is 0.219. The van der Waals surface area contributed by atoms with Crippen molar-refractivity contribution in [1.82, 2.24) is 29.5 Å². The Morgan fingerprint density at radius 2 is 1.86 bits per heavy atom. The van der Waals surface area contributed by atoms with Gasteiger partial charge in [-0.3, -0.25) is 9.78 Å². The standard InChI is InChI=1S/C32H39ClN8O2Si/c1-32(2,3)44(4,5)43-21-13-27(26-17-41-29(37-26)9-8-24(39-41)19-6-7-19)40(16-21)30-15-28(35-18-36-30)38-31(42)23-14-22(23)25-12-20(33)10-11-34-25/h8-12,15,17-19,21-23,27H,6-7,13-14,16H2,1-5H3,(H,35,36,38,42)/t21-,22-,23-,27+/m0/s1. The Balaban J connectivity index is 1.14. The van der Waals surface area contributed by atoms with Crippen LogP contribution in [0.3, 0.4) is 0 Å². The number of aromatic nitrogens is 6. The van der Waals surface area contributed by atoms with Gasteiger partial charge in [0.2, 0.25) is 5.91 Å². The molecular weight excluding hydrogens is 592 g/mol. The Hall–Kier alpha value is -3.41. The first-order chi connectivity index (χ1) is 20.9. The second kappa shape index (κ2) is 10.9. The van der Waals surface area contributed by atoms with E-state index in [1.54, 1.807) is 12.3 Å². The number of pyridine rings is 1. The molecule has 10 nitrogen and oxygen atoms in total. The van der Waals surface area contributed by atoms with E-state index >= 15 is 0 Å². The largest absolute Gasteiger partial charge is 0.412 e. The second-order valence-electron chi connectivity index (χ2n) is 14.0. The molecular formula is C32H39ClN8O2Si. The van der Waals surface area contributed by atoms with Crippen LogP contribution in [0, 0.1) is 5.92 Å². The molecule has 4 aromatic heterocycles. The van der Waals surface area contributed by atoms with Gasteiger partial charge in [-0.1, -0.05) is 32.4 Å². The SMILES string of the molecule is CC(C)(C)[Si](C)(C)O[C@H]1C[C@H](c2cn3nc(C4CC4)ccc3n2)N(c2cc(NC(=O)[C@H]3C[C@@H]3c3cc(Cl)ccn3)ncn2)C1. The Kier molecular flexibility index (Phi) is 7.25. The second-order valence-corrected chi connectivity index (χ2v) is 19.2. The molecule has 2 aliphatic carbocycles. The van der Waals surface area contributed by atoms with E-state index in [2.05, 4.69) is 77.4 Å². The highest BCUT2D eigenvalue weighted by Gasteiger charge is 2.46. The van der Waals surface area contributed by atoms with Gasteiger partial charge in [0, 0.05) is 53.7 Å². The minimum absolute atomic E-state index is 0.0195. The van der Waals surface area contributed by atoms with Crippen molar-refractivity contribution < 1.29 is 9.22 Å². The smallest absolute Gasteiger partial charge is 0.229 e. The molecule has 1 amide bonds. The van der Waals surface area contributed by atoms with Gasteiger partial charge in [0.1, 0.15) is 18.0 Å². The van der Waals surface area contributed by atoms with Crippen molar-refractivity contribution in [2.75, 3.05) is 16.8 Å². The molecule has 0 aromatic carbocycles. The number of nitrogens with zero attached hydrogens (tertiary/aromatic N) is 7. The maximum absolute atomic E-state index is 13.2. The molecule has 1 N–H and O–H groups in total. The Morgan fingerprint density at radius 3 is 2.61 bits per heavy atom. The summed E-state index contributed by atoms with van der Waals surface area (Å²) in [6, 6.07) is 9.54. The fraction of sp³-hybridized carbons (Fsp3) is 0.500. The van der Waals surface area contributed by atoms with Gasteiger partial charge in [0.25, 0.3) is 0 Å². The summed E-state index contributed by atoms with van der Waals surface area (Å²) in [5.41, 5.74) is 3.75. The van der Waals surface area contributed by atoms with Crippen LogP contribution in [0.25, 0.3) is 5.65 Å². The van der Waals surface area contributed by atoms with Gasteiger partial charge < -0.3 is 14.6 Å². The van der Waals surface area contributed by atoms with E-state index in [4.69, 9.17) is 26.1 Å². The zero-order valence-corrected chi connectivity index (χ0v) is 27.6. The molecule has 7 rings (SSSR count). The first-order valence-electron chi connectivity index (χ1n) is 15.5. The van der Waals surface area contributed by atoms with Crippen molar-refractivity contribution in [3.05, 3.63) is 71.2 Å². The van der Waals surface area contributed by atoms with Gasteiger partial charge >= 0.3 is 0 Å². The lowest BCUT2D eigenvalue weighted by atomic mass is 10.1. The molecule has 230 valence electrons. The fourth-order valence-corrected chi connectivity index (χ4v) is 7.44. The molecule has 2 saturated carbocycles. The third kappa shape index (κ3) is 5.84. The molecule has 44 heavy (non-hydrogen) atoms. The first kappa shape index (κ1) is 29.3. The predicted molar refractivity (Wildman–Crippen MR) is 172 cm³/mol. The van der Waals surface area contributed by atoms with Gasteiger partial charge in [0.15, 0.2) is 14.0 Å². The lowest BCUT2D eigenvalue weighted by Crippen LogP contribution is -2.44. The topological polar surface area (TPSA) is 110 Å². The number of halogens is 1. The minimum atomic E-state index is -2.02. The number of fused-ring (bicyclic) bond motifs is 1. The van der Waals surface area contributed by atoms with E-state index in [1.807, 2.05) is 16.6 Å². The third-order valence-electron chi connectivity index (χ3n) is 9.67. The van der Waals surface area contributed by atoms with Crippen LogP contribution in [-0.2, 0) is 9.22 Å². The molecule has 4 atom stereocenters. The van der Waals surface area contributed by atoms with Crippen molar-refractivity contribution in [1.29, 1.82) is 0 Å². The maximum Gasteiger partial charge on any atom is 0.229 e. The Bertz CT molecular complexity index is 1720. The highest BCUT2D eigenvalue weighted by Crippen LogP contribution is 2.48. The van der Waals surface area contributed by atoms with E-state index in [9.17, 15) is 4.79 Å². The van der Waals surface area contributed by atoms with Gasteiger partial charge in [-0.15, -0.1) is 0 Å². The lowest BCUT2D eigenvalue weighted by Gasteiger charge is -2.38. The number of carbonyl (C=O) groups is 1. The number of hydrogen-bond donors (Lipinski definition) is 1. The molecule has 5 heterocycles. The molecule has 0 bridgehead atoms. The number of amides is 1. The summed E-state index contributed by atoms with van der Waals surface area (Å²) < 4.78 is 8.83. The summed E-state index contributed by atoms with van der Waals surface area (Å²) in [5, 5.41) is 8.60. The van der Waals surface area contributed by atoms with Gasteiger partial charge in [-0.2, -0.15) is 5.10 Å². The molecule has 0 unspecified atom stereocenters. The van der Waals surface area contributed by atoms with Crippen LogP contribution in [-0.4, -0.2) is 56.4 Å². The van der Waals surface area contributed by atoms with Crippen LogP contribution < -0.4 is 10.2 Å². The average molecular weight is 631 g/mol. The van der Waals surface area contributed by atoms with Gasteiger partial charge in [-0.25, -0.2) is 19.5 Å². The summed E-state index contributed by atoms with van der Waals surface area (Å²) >= 11 is 6.14. The monoisotopic (exact) mass is 630 g/mol. The predicted octanol–water partition coefficient (Wildman–Crippen LogP) is 6.53. The molecule has 4 aromatic rings. The van der Waals surface area contributed by atoms with Crippen molar-refractivity contribution in [2.45, 2.75) is 88.6 Å². The highest BCUT2D eigenvalue weighted by molar-refractivity contribution is 6.74. The molecule has 0 spiro atoms. The summed E-state index contributed by atoms with van der Waals surface area (Å²) in [6.07, 6.45) is 9.20. The van der Waals surface area contributed by atoms with Crippen LogP contribution in [0.5, 0.6) is 0 Å². The van der Waals surface area contributed by atoms with Gasteiger partial charge in [-0.05, 0) is 61.7 Å².